The van der Waals surface area contributed by atoms with Crippen molar-refractivity contribution >= 4 is 17.6 Å². The van der Waals surface area contributed by atoms with Gasteiger partial charge in [-0.1, -0.05) is 18.2 Å². The van der Waals surface area contributed by atoms with Gasteiger partial charge in [-0.25, -0.2) is 14.2 Å². The molecule has 1 aromatic heterocycles. The second kappa shape index (κ2) is 9.25. The molecule has 0 aliphatic heterocycles. The third-order valence-corrected chi connectivity index (χ3v) is 4.03. The summed E-state index contributed by atoms with van der Waals surface area (Å²) in [6, 6.07) is 13.3. The highest BCUT2D eigenvalue weighted by Gasteiger charge is 2.30. The molecule has 156 valence electrons. The van der Waals surface area contributed by atoms with Crippen molar-refractivity contribution in [2.24, 2.45) is 0 Å². The number of hydrogen-bond donors (Lipinski definition) is 2. The number of alkyl halides is 3. The Hall–Kier alpha value is -3.62. The lowest BCUT2D eigenvalue weighted by molar-refractivity contribution is -0.137. The van der Waals surface area contributed by atoms with Gasteiger partial charge in [0.15, 0.2) is 11.6 Å². The number of nitrogens with one attached hydrogen (secondary N) is 2. The highest BCUT2D eigenvalue weighted by Crippen LogP contribution is 2.30. The van der Waals surface area contributed by atoms with Gasteiger partial charge in [-0.15, -0.1) is 0 Å². The number of hydrogen-bond acceptors (Lipinski definition) is 4. The fraction of sp³-hybridized carbons (Fsp3) is 0.143. The molecule has 0 aliphatic carbocycles. The fourth-order valence-electron chi connectivity index (χ4n) is 2.60. The molecule has 0 fully saturated rings. The molecule has 0 spiro atoms. The Morgan fingerprint density at radius 1 is 1.03 bits per heavy atom. The van der Waals surface area contributed by atoms with E-state index in [2.05, 4.69) is 15.6 Å². The van der Waals surface area contributed by atoms with E-state index < -0.39 is 17.8 Å². The number of anilines is 2. The monoisotopic (exact) mass is 419 g/mol. The van der Waals surface area contributed by atoms with Crippen molar-refractivity contribution < 1.29 is 27.1 Å². The molecule has 9 heteroatoms. The van der Waals surface area contributed by atoms with Crippen molar-refractivity contribution in [1.82, 2.24) is 4.98 Å². The van der Waals surface area contributed by atoms with E-state index in [4.69, 9.17) is 4.74 Å². The number of carbonyl (C=O) groups is 1. The summed E-state index contributed by atoms with van der Waals surface area (Å²) in [6.07, 6.45) is -3.40. The normalized spacial score (nSPS) is 11.1. The zero-order chi connectivity index (χ0) is 21.6. The molecule has 0 saturated heterocycles. The van der Waals surface area contributed by atoms with E-state index in [1.165, 1.54) is 36.5 Å². The third kappa shape index (κ3) is 5.94. The van der Waals surface area contributed by atoms with Gasteiger partial charge in [0.2, 0.25) is 0 Å². The number of pyridine rings is 1. The number of ether oxygens (including phenoxy) is 1. The molecule has 0 saturated carbocycles. The van der Waals surface area contributed by atoms with Crippen molar-refractivity contribution in [3.8, 4) is 5.75 Å². The largest absolute Gasteiger partial charge is 0.417 e. The Balaban J connectivity index is 1.60. The zero-order valence-electron chi connectivity index (χ0n) is 15.5. The van der Waals surface area contributed by atoms with Gasteiger partial charge in [0.1, 0.15) is 5.82 Å². The van der Waals surface area contributed by atoms with E-state index in [0.29, 0.717) is 18.8 Å². The van der Waals surface area contributed by atoms with Crippen LogP contribution >= 0.6 is 0 Å². The first-order valence-corrected chi connectivity index (χ1v) is 8.91. The Labute approximate surface area is 169 Å². The molecule has 2 N–H and O–H groups in total. The maximum absolute atomic E-state index is 12.9. The Kier molecular flexibility index (Phi) is 6.51. The zero-order valence-corrected chi connectivity index (χ0v) is 15.5. The van der Waals surface area contributed by atoms with Gasteiger partial charge in [-0.3, -0.25) is 5.32 Å². The van der Waals surface area contributed by atoms with Crippen LogP contribution in [0.2, 0.25) is 0 Å². The smallest absolute Gasteiger partial charge is 0.406 e. The third-order valence-electron chi connectivity index (χ3n) is 4.03. The molecule has 0 atom stereocenters. The minimum atomic E-state index is -4.52. The molecule has 1 heterocycles. The highest BCUT2D eigenvalue weighted by atomic mass is 19.4. The van der Waals surface area contributed by atoms with Crippen LogP contribution in [0.15, 0.2) is 66.9 Å². The van der Waals surface area contributed by atoms with Gasteiger partial charge in [-0.2, -0.15) is 13.2 Å². The van der Waals surface area contributed by atoms with Crippen molar-refractivity contribution in [1.29, 1.82) is 0 Å². The van der Waals surface area contributed by atoms with Gasteiger partial charge >= 0.3 is 12.3 Å². The summed E-state index contributed by atoms with van der Waals surface area (Å²) in [5.74, 6) is 0.0822. The molecule has 0 radical (unpaired) electrons. The van der Waals surface area contributed by atoms with Gasteiger partial charge in [0.25, 0.3) is 0 Å². The van der Waals surface area contributed by atoms with Crippen LogP contribution in [0, 0.1) is 5.82 Å². The van der Waals surface area contributed by atoms with Crippen molar-refractivity contribution in [2.45, 2.75) is 12.6 Å². The quantitative estimate of drug-likeness (QED) is 0.518. The van der Waals surface area contributed by atoms with Gasteiger partial charge in [0.05, 0.1) is 5.56 Å². The minimum absolute atomic E-state index is 0.0514. The van der Waals surface area contributed by atoms with Gasteiger partial charge < -0.3 is 10.1 Å². The molecule has 30 heavy (non-hydrogen) atoms. The van der Waals surface area contributed by atoms with Crippen LogP contribution in [-0.2, 0) is 12.6 Å². The first kappa shape index (κ1) is 21.1. The number of amides is 1. The second-order valence-corrected chi connectivity index (χ2v) is 6.25. The van der Waals surface area contributed by atoms with Crippen LogP contribution in [0.4, 0.5) is 33.9 Å². The Morgan fingerprint density at radius 2 is 1.80 bits per heavy atom. The standard InChI is InChI=1S/C21H17F4N3O2/c22-16-8-6-14(7-9-16)10-12-27-19-18(5-2-11-26-19)30-20(29)28-17-4-1-3-15(13-17)21(23,24)25/h1-9,11,13H,10,12H2,(H,26,27)(H,28,29). The highest BCUT2D eigenvalue weighted by molar-refractivity contribution is 5.87. The van der Waals surface area contributed by atoms with E-state index in [9.17, 15) is 22.4 Å². The first-order chi connectivity index (χ1) is 14.3. The lowest BCUT2D eigenvalue weighted by Crippen LogP contribution is -2.18. The molecule has 2 aromatic carbocycles. The number of nitrogens with zero attached hydrogens (tertiary/aromatic N) is 1. The topological polar surface area (TPSA) is 63.2 Å². The maximum atomic E-state index is 12.9. The molecule has 0 aliphatic rings. The van der Waals surface area contributed by atoms with Crippen LogP contribution in [0.1, 0.15) is 11.1 Å². The average molecular weight is 419 g/mol. The average Bonchev–Trinajstić information content (AvgIpc) is 2.70. The number of rotatable bonds is 6. The van der Waals surface area contributed by atoms with Crippen molar-refractivity contribution in [3.05, 3.63) is 83.8 Å². The predicted octanol–water partition coefficient (Wildman–Crippen LogP) is 5.51. The number of aromatic nitrogens is 1. The molecule has 3 aromatic rings. The van der Waals surface area contributed by atoms with Crippen LogP contribution in [0.25, 0.3) is 0 Å². The molecule has 0 unspecified atom stereocenters. The lowest BCUT2D eigenvalue weighted by atomic mass is 10.1. The van der Waals surface area contributed by atoms with Gasteiger partial charge in [0, 0.05) is 18.4 Å². The van der Waals surface area contributed by atoms with Crippen LogP contribution < -0.4 is 15.4 Å². The van der Waals surface area contributed by atoms with Crippen molar-refractivity contribution in [3.63, 3.8) is 0 Å². The first-order valence-electron chi connectivity index (χ1n) is 8.91. The summed E-state index contributed by atoms with van der Waals surface area (Å²) >= 11 is 0. The van der Waals surface area contributed by atoms with E-state index in [1.54, 1.807) is 18.2 Å². The van der Waals surface area contributed by atoms with Crippen LogP contribution in [-0.4, -0.2) is 17.6 Å². The number of benzene rings is 2. The summed E-state index contributed by atoms with van der Waals surface area (Å²) in [6.45, 7) is 0.439. The van der Waals surface area contributed by atoms with E-state index in [-0.39, 0.29) is 17.3 Å². The van der Waals surface area contributed by atoms with E-state index in [1.807, 2.05) is 0 Å². The molecule has 5 nitrogen and oxygen atoms in total. The summed E-state index contributed by atoms with van der Waals surface area (Å²) < 4.78 is 56.5. The molecule has 1 amide bonds. The predicted molar refractivity (Wildman–Crippen MR) is 104 cm³/mol. The molecular formula is C21H17F4N3O2. The molecular weight excluding hydrogens is 402 g/mol. The summed E-state index contributed by atoms with van der Waals surface area (Å²) in [5.41, 5.74) is -0.0288. The second-order valence-electron chi connectivity index (χ2n) is 6.25. The van der Waals surface area contributed by atoms with Crippen LogP contribution in [0.5, 0.6) is 5.75 Å². The van der Waals surface area contributed by atoms with Crippen LogP contribution in [0.3, 0.4) is 0 Å². The summed E-state index contributed by atoms with van der Waals surface area (Å²) in [5, 5.41) is 5.28. The minimum Gasteiger partial charge on any atom is -0.406 e. The molecule has 3 rings (SSSR count). The summed E-state index contributed by atoms with van der Waals surface area (Å²) in [7, 11) is 0. The number of halogens is 4. The maximum Gasteiger partial charge on any atom is 0.417 e. The Morgan fingerprint density at radius 3 is 2.53 bits per heavy atom. The molecule has 0 bridgehead atoms. The van der Waals surface area contributed by atoms with E-state index in [0.717, 1.165) is 17.7 Å². The summed E-state index contributed by atoms with van der Waals surface area (Å²) in [4.78, 5) is 16.2. The Bertz CT molecular complexity index is 1010. The SMILES string of the molecule is O=C(Nc1cccc(C(F)(F)F)c1)Oc1cccnc1NCCc1ccc(F)cc1. The lowest BCUT2D eigenvalue weighted by Gasteiger charge is -2.12. The number of carbonyl (C=O) groups excluding carboxylic acids is 1. The van der Waals surface area contributed by atoms with Gasteiger partial charge in [-0.05, 0) is 54.4 Å². The van der Waals surface area contributed by atoms with Crippen molar-refractivity contribution in [2.75, 3.05) is 17.2 Å². The van der Waals surface area contributed by atoms with E-state index >= 15 is 0 Å². The fourth-order valence-corrected chi connectivity index (χ4v) is 2.60.